The highest BCUT2D eigenvalue weighted by Gasteiger charge is 2.22. The molecule has 2 aromatic rings. The largest absolute Gasteiger partial charge is 0.448 e. The van der Waals surface area contributed by atoms with Gasteiger partial charge in [-0.05, 0) is 17.9 Å². The van der Waals surface area contributed by atoms with E-state index in [1.165, 1.54) is 6.20 Å². The fourth-order valence-corrected chi connectivity index (χ4v) is 3.01. The van der Waals surface area contributed by atoms with Gasteiger partial charge in [0.1, 0.15) is 0 Å². The van der Waals surface area contributed by atoms with Crippen LogP contribution in [0.15, 0.2) is 46.1 Å². The van der Waals surface area contributed by atoms with Crippen molar-refractivity contribution in [3.8, 4) is 11.1 Å². The topological polar surface area (TPSA) is 87.4 Å². The molecule has 0 aliphatic carbocycles. The fourth-order valence-electron chi connectivity index (χ4n) is 3.01. The number of aromatic nitrogens is 2. The van der Waals surface area contributed by atoms with E-state index in [1.807, 2.05) is 13.8 Å². The number of benzene rings is 1. The Kier molecular flexibility index (Phi) is 8.77. The minimum absolute atomic E-state index is 0.0361. The van der Waals surface area contributed by atoms with E-state index in [-0.39, 0.29) is 24.5 Å². The summed E-state index contributed by atoms with van der Waals surface area (Å²) in [6.07, 6.45) is 5.07. The lowest BCUT2D eigenvalue weighted by atomic mass is 10.1. The molecular weight excluding hydrogens is 384 g/mol. The maximum Gasteiger partial charge on any atom is 0.425 e. The average molecular weight is 415 g/mol. The number of carbonyl (C=O) groups is 2. The summed E-state index contributed by atoms with van der Waals surface area (Å²) < 4.78 is 6.38. The van der Waals surface area contributed by atoms with Gasteiger partial charge in [-0.15, -0.1) is 0 Å². The average Bonchev–Trinajstić information content (AvgIpc) is 2.72. The van der Waals surface area contributed by atoms with Gasteiger partial charge in [0.2, 0.25) is 5.91 Å². The lowest BCUT2D eigenvalue weighted by Gasteiger charge is -2.13. The summed E-state index contributed by atoms with van der Waals surface area (Å²) in [5.41, 5.74) is -1.19. The van der Waals surface area contributed by atoms with Crippen LogP contribution in [-0.2, 0) is 4.74 Å². The summed E-state index contributed by atoms with van der Waals surface area (Å²) in [6, 6.07) is 8.63. The number of carbonyl (C=O) groups excluding carboxylic acids is 2. The highest BCUT2D eigenvalue weighted by Crippen LogP contribution is 2.14. The molecule has 1 aromatic heterocycles. The first-order valence-corrected chi connectivity index (χ1v) is 10.5. The molecular formula is C23H30N2O5. The summed E-state index contributed by atoms with van der Waals surface area (Å²) in [5.74, 6) is -0.409. The Hall–Kier alpha value is -2.96. The number of ether oxygens (including phenoxy) is 1. The SMILES string of the molecule is CCCCCCCC(=O)n1cc(-c2ccccc2)c(=O)n(C(=O)OCC(C)C)c1=O. The van der Waals surface area contributed by atoms with E-state index in [9.17, 15) is 19.2 Å². The lowest BCUT2D eigenvalue weighted by molar-refractivity contribution is 0.0889. The van der Waals surface area contributed by atoms with Crippen LogP contribution in [0.1, 0.15) is 64.1 Å². The van der Waals surface area contributed by atoms with Gasteiger partial charge in [-0.2, -0.15) is 4.57 Å². The molecule has 0 aliphatic rings. The maximum absolute atomic E-state index is 12.9. The molecule has 162 valence electrons. The lowest BCUT2D eigenvalue weighted by Crippen LogP contribution is -2.46. The molecule has 0 unspecified atom stereocenters. The summed E-state index contributed by atoms with van der Waals surface area (Å²) in [6.45, 7) is 5.86. The van der Waals surface area contributed by atoms with Crippen LogP contribution >= 0.6 is 0 Å². The number of rotatable bonds is 9. The molecule has 0 atom stereocenters. The van der Waals surface area contributed by atoms with E-state index in [1.54, 1.807) is 30.3 Å². The van der Waals surface area contributed by atoms with Crippen LogP contribution in [0.2, 0.25) is 0 Å². The third-order valence-corrected chi connectivity index (χ3v) is 4.66. The van der Waals surface area contributed by atoms with E-state index in [0.717, 1.165) is 30.3 Å². The molecule has 30 heavy (non-hydrogen) atoms. The van der Waals surface area contributed by atoms with Gasteiger partial charge >= 0.3 is 11.8 Å². The van der Waals surface area contributed by atoms with Gasteiger partial charge in [0.25, 0.3) is 5.56 Å². The summed E-state index contributed by atoms with van der Waals surface area (Å²) in [4.78, 5) is 51.0. The second kappa shape index (κ2) is 11.3. The Bertz CT molecular complexity index is 973. The second-order valence-electron chi connectivity index (χ2n) is 7.73. The van der Waals surface area contributed by atoms with Crippen molar-refractivity contribution in [3.05, 3.63) is 57.4 Å². The van der Waals surface area contributed by atoms with Gasteiger partial charge in [-0.25, -0.2) is 14.2 Å². The molecule has 1 heterocycles. The standard InChI is InChI=1S/C23H30N2O5/c1-4-5-6-7-11-14-20(26)24-15-19(18-12-9-8-10-13-18)21(27)25(22(24)28)23(29)30-16-17(2)3/h8-10,12-13,15,17H,4-7,11,14,16H2,1-3H3. The van der Waals surface area contributed by atoms with Gasteiger partial charge in [0, 0.05) is 12.6 Å². The third kappa shape index (κ3) is 6.02. The Morgan fingerprint density at radius 3 is 2.30 bits per heavy atom. The van der Waals surface area contributed by atoms with Crippen molar-refractivity contribution in [2.75, 3.05) is 6.61 Å². The molecule has 1 aromatic carbocycles. The first-order valence-electron chi connectivity index (χ1n) is 10.5. The predicted octanol–water partition coefficient (Wildman–Crippen LogP) is 4.32. The smallest absolute Gasteiger partial charge is 0.425 e. The zero-order chi connectivity index (χ0) is 22.1. The van der Waals surface area contributed by atoms with Gasteiger partial charge in [0.15, 0.2) is 0 Å². The molecule has 0 saturated carbocycles. The van der Waals surface area contributed by atoms with Crippen LogP contribution < -0.4 is 11.2 Å². The molecule has 0 saturated heterocycles. The van der Waals surface area contributed by atoms with Crippen LogP contribution in [-0.4, -0.2) is 27.7 Å². The molecule has 0 fully saturated rings. The first kappa shape index (κ1) is 23.3. The Morgan fingerprint density at radius 1 is 1.00 bits per heavy atom. The van der Waals surface area contributed by atoms with Crippen molar-refractivity contribution >= 4 is 12.0 Å². The summed E-state index contributed by atoms with van der Waals surface area (Å²) in [7, 11) is 0. The van der Waals surface area contributed by atoms with Crippen molar-refractivity contribution in [2.45, 2.75) is 59.3 Å². The minimum atomic E-state index is -1.07. The van der Waals surface area contributed by atoms with Crippen LogP contribution in [0.5, 0.6) is 0 Å². The van der Waals surface area contributed by atoms with Crippen molar-refractivity contribution in [2.24, 2.45) is 5.92 Å². The summed E-state index contributed by atoms with van der Waals surface area (Å²) in [5, 5.41) is 0. The van der Waals surface area contributed by atoms with E-state index in [2.05, 4.69) is 6.92 Å². The second-order valence-corrected chi connectivity index (χ2v) is 7.73. The van der Waals surface area contributed by atoms with Gasteiger partial charge in [-0.1, -0.05) is 76.8 Å². The van der Waals surface area contributed by atoms with E-state index >= 15 is 0 Å². The molecule has 0 radical (unpaired) electrons. The van der Waals surface area contributed by atoms with E-state index in [4.69, 9.17) is 4.74 Å². The molecule has 0 spiro atoms. The zero-order valence-corrected chi connectivity index (χ0v) is 17.9. The Morgan fingerprint density at radius 2 is 1.67 bits per heavy atom. The van der Waals surface area contributed by atoms with E-state index < -0.39 is 23.2 Å². The molecule has 7 heteroatoms. The summed E-state index contributed by atoms with van der Waals surface area (Å²) >= 11 is 0. The molecule has 0 bridgehead atoms. The van der Waals surface area contributed by atoms with Crippen LogP contribution in [0.25, 0.3) is 11.1 Å². The van der Waals surface area contributed by atoms with Crippen molar-refractivity contribution < 1.29 is 14.3 Å². The maximum atomic E-state index is 12.9. The monoisotopic (exact) mass is 414 g/mol. The Labute approximate surface area is 176 Å². The molecule has 0 N–H and O–H groups in total. The first-order chi connectivity index (χ1) is 14.4. The number of unbranched alkanes of at least 4 members (excludes halogenated alkanes) is 4. The molecule has 2 rings (SSSR count). The van der Waals surface area contributed by atoms with E-state index in [0.29, 0.717) is 16.6 Å². The molecule has 0 aliphatic heterocycles. The van der Waals surface area contributed by atoms with Crippen molar-refractivity contribution in [1.82, 2.24) is 9.13 Å². The highest BCUT2D eigenvalue weighted by molar-refractivity contribution is 5.81. The quantitative estimate of drug-likeness (QED) is 0.570. The van der Waals surface area contributed by atoms with Crippen LogP contribution in [0, 0.1) is 5.92 Å². The number of nitrogens with zero attached hydrogens (tertiary/aromatic N) is 2. The normalized spacial score (nSPS) is 10.9. The van der Waals surface area contributed by atoms with Gasteiger partial charge in [0.05, 0.1) is 12.2 Å². The van der Waals surface area contributed by atoms with Gasteiger partial charge in [-0.3, -0.25) is 9.59 Å². The van der Waals surface area contributed by atoms with Crippen LogP contribution in [0.4, 0.5) is 4.79 Å². The van der Waals surface area contributed by atoms with Crippen molar-refractivity contribution in [1.29, 1.82) is 0 Å². The molecule has 7 nitrogen and oxygen atoms in total. The van der Waals surface area contributed by atoms with Gasteiger partial charge < -0.3 is 4.74 Å². The van der Waals surface area contributed by atoms with Crippen molar-refractivity contribution in [3.63, 3.8) is 0 Å². The molecule has 0 amide bonds. The fraction of sp³-hybridized carbons (Fsp3) is 0.478. The Balaban J connectivity index is 2.44. The highest BCUT2D eigenvalue weighted by atomic mass is 16.6. The third-order valence-electron chi connectivity index (χ3n) is 4.66. The predicted molar refractivity (Wildman–Crippen MR) is 116 cm³/mol. The minimum Gasteiger partial charge on any atom is -0.448 e. The number of hydrogen-bond acceptors (Lipinski definition) is 5. The van der Waals surface area contributed by atoms with Crippen LogP contribution in [0.3, 0.4) is 0 Å². The number of hydrogen-bond donors (Lipinski definition) is 0. The zero-order valence-electron chi connectivity index (χ0n) is 17.9.